The number of benzene rings is 2. The fraction of sp³-hybridized carbons (Fsp3) is 0.538. The number of hydrogen-bond acceptors (Lipinski definition) is 5. The molecule has 0 aromatic heterocycles. The summed E-state index contributed by atoms with van der Waals surface area (Å²) in [5, 5.41) is 0. The molecule has 2 aromatic rings. The zero-order valence-electron chi connectivity index (χ0n) is 28.0. The Morgan fingerprint density at radius 3 is 1.91 bits per heavy atom. The summed E-state index contributed by atoms with van der Waals surface area (Å²) in [6, 6.07) is 14.5. The van der Waals surface area contributed by atoms with Gasteiger partial charge < -0.3 is 14.2 Å². The van der Waals surface area contributed by atoms with Gasteiger partial charge in [0.15, 0.2) is 0 Å². The number of ether oxygens (including phenoxy) is 3. The van der Waals surface area contributed by atoms with Crippen LogP contribution in [-0.4, -0.2) is 43.5 Å². The molecule has 258 valence electrons. The molecule has 2 aromatic carbocycles. The SMILES string of the molecule is CCCCCCCCCCc1ccc(-c2ccc(C(=O)OC3(C(F)(F)F)C=CC=CC3C(=O)OCCCCCCOCC)cc2)cc1. The molecule has 0 saturated carbocycles. The molecule has 1 aliphatic carbocycles. The van der Waals surface area contributed by atoms with Crippen LogP contribution < -0.4 is 0 Å². The molecule has 0 aliphatic heterocycles. The third kappa shape index (κ3) is 12.0. The van der Waals surface area contributed by atoms with Crippen molar-refractivity contribution in [2.75, 3.05) is 19.8 Å². The van der Waals surface area contributed by atoms with E-state index in [4.69, 9.17) is 14.2 Å². The first-order chi connectivity index (χ1) is 22.7. The van der Waals surface area contributed by atoms with E-state index >= 15 is 0 Å². The van der Waals surface area contributed by atoms with E-state index in [1.807, 2.05) is 19.1 Å². The number of allylic oxidation sites excluding steroid dienone is 2. The van der Waals surface area contributed by atoms with Gasteiger partial charge in [-0.15, -0.1) is 0 Å². The Bertz CT molecular complexity index is 1270. The summed E-state index contributed by atoms with van der Waals surface area (Å²) < 4.78 is 59.4. The van der Waals surface area contributed by atoms with Crippen molar-refractivity contribution in [1.82, 2.24) is 0 Å². The lowest BCUT2D eigenvalue weighted by atomic mass is 9.82. The lowest BCUT2D eigenvalue weighted by Gasteiger charge is -2.37. The highest BCUT2D eigenvalue weighted by Crippen LogP contribution is 2.44. The van der Waals surface area contributed by atoms with Crippen molar-refractivity contribution in [3.05, 3.63) is 84.0 Å². The predicted molar refractivity (Wildman–Crippen MR) is 180 cm³/mol. The first-order valence-corrected chi connectivity index (χ1v) is 17.3. The van der Waals surface area contributed by atoms with Crippen LogP contribution in [0.1, 0.15) is 107 Å². The highest BCUT2D eigenvalue weighted by molar-refractivity contribution is 5.91. The van der Waals surface area contributed by atoms with Crippen LogP contribution in [0.5, 0.6) is 0 Å². The molecule has 0 amide bonds. The molecule has 0 saturated heterocycles. The van der Waals surface area contributed by atoms with Gasteiger partial charge in [-0.2, -0.15) is 13.2 Å². The summed E-state index contributed by atoms with van der Waals surface area (Å²) in [7, 11) is 0. The maximum Gasteiger partial charge on any atom is 0.433 e. The molecule has 0 N–H and O–H groups in total. The second-order valence-corrected chi connectivity index (χ2v) is 12.2. The van der Waals surface area contributed by atoms with E-state index in [1.54, 1.807) is 12.1 Å². The van der Waals surface area contributed by atoms with Crippen LogP contribution in [0.4, 0.5) is 13.2 Å². The van der Waals surface area contributed by atoms with E-state index in [0.717, 1.165) is 55.4 Å². The van der Waals surface area contributed by atoms with Crippen LogP contribution in [0.15, 0.2) is 72.8 Å². The summed E-state index contributed by atoms with van der Waals surface area (Å²) in [5.41, 5.74) is -0.209. The highest BCUT2D eigenvalue weighted by Gasteiger charge is 2.64. The van der Waals surface area contributed by atoms with Crippen molar-refractivity contribution in [1.29, 1.82) is 0 Å². The van der Waals surface area contributed by atoms with Crippen LogP contribution >= 0.6 is 0 Å². The maximum atomic E-state index is 14.6. The number of carbonyl (C=O) groups excluding carboxylic acids is 2. The van der Waals surface area contributed by atoms with Crippen molar-refractivity contribution >= 4 is 11.9 Å². The largest absolute Gasteiger partial charge is 0.465 e. The molecular weight excluding hydrogens is 605 g/mol. The van der Waals surface area contributed by atoms with E-state index in [-0.39, 0.29) is 12.2 Å². The standard InChI is InChI=1S/C39H51F3O5/c1-3-5-6-7-8-9-10-13-18-31-20-22-32(23-21-31)33-24-26-34(27-25-33)36(43)47-38(39(40,41)42)28-15-14-19-35(38)37(44)46-30-17-12-11-16-29-45-4-2/h14-15,19-28,35H,3-13,16-18,29-30H2,1-2H3. The molecule has 0 spiro atoms. The first-order valence-electron chi connectivity index (χ1n) is 17.3. The smallest absolute Gasteiger partial charge is 0.433 e. The van der Waals surface area contributed by atoms with Gasteiger partial charge in [0.1, 0.15) is 5.92 Å². The van der Waals surface area contributed by atoms with Crippen LogP contribution in [0, 0.1) is 5.92 Å². The second kappa shape index (κ2) is 20.1. The van der Waals surface area contributed by atoms with Gasteiger partial charge in [-0.3, -0.25) is 4.79 Å². The van der Waals surface area contributed by atoms with E-state index in [2.05, 4.69) is 19.1 Å². The Hall–Kier alpha value is -3.39. The summed E-state index contributed by atoms with van der Waals surface area (Å²) >= 11 is 0. The molecule has 0 fully saturated rings. The molecular formula is C39H51F3O5. The third-order valence-electron chi connectivity index (χ3n) is 8.54. The van der Waals surface area contributed by atoms with Crippen molar-refractivity contribution in [3.8, 4) is 11.1 Å². The van der Waals surface area contributed by atoms with Crippen molar-refractivity contribution in [3.63, 3.8) is 0 Å². The highest BCUT2D eigenvalue weighted by atomic mass is 19.4. The second-order valence-electron chi connectivity index (χ2n) is 12.2. The van der Waals surface area contributed by atoms with Crippen LogP contribution in [-0.2, 0) is 25.4 Å². The van der Waals surface area contributed by atoms with Crippen molar-refractivity contribution < 1.29 is 37.0 Å². The zero-order valence-corrected chi connectivity index (χ0v) is 28.0. The van der Waals surface area contributed by atoms with Crippen molar-refractivity contribution in [2.45, 2.75) is 109 Å². The number of hydrogen-bond donors (Lipinski definition) is 0. The Labute approximate surface area is 278 Å². The van der Waals surface area contributed by atoms with Gasteiger partial charge in [0, 0.05) is 13.2 Å². The number of unbranched alkanes of at least 4 members (excludes halogenated alkanes) is 10. The minimum atomic E-state index is -5.07. The molecule has 3 rings (SSSR count). The van der Waals surface area contributed by atoms with E-state index < -0.39 is 29.6 Å². The molecule has 47 heavy (non-hydrogen) atoms. The van der Waals surface area contributed by atoms with Gasteiger partial charge in [-0.05, 0) is 73.9 Å². The first kappa shape index (κ1) is 38.1. The summed E-state index contributed by atoms with van der Waals surface area (Å²) in [5.74, 6) is -4.13. The molecule has 8 heteroatoms. The molecule has 0 radical (unpaired) electrons. The van der Waals surface area contributed by atoms with Gasteiger partial charge in [0.2, 0.25) is 5.60 Å². The number of esters is 2. The normalized spacial score (nSPS) is 17.5. The maximum absolute atomic E-state index is 14.6. The average Bonchev–Trinajstić information content (AvgIpc) is 3.07. The van der Waals surface area contributed by atoms with Gasteiger partial charge in [0.25, 0.3) is 0 Å². The predicted octanol–water partition coefficient (Wildman–Crippen LogP) is 10.4. The van der Waals surface area contributed by atoms with Crippen LogP contribution in [0.3, 0.4) is 0 Å². The fourth-order valence-corrected chi connectivity index (χ4v) is 5.70. The quantitative estimate of drug-likeness (QED) is 0.0989. The molecule has 2 atom stereocenters. The lowest BCUT2D eigenvalue weighted by Crippen LogP contribution is -2.56. The van der Waals surface area contributed by atoms with E-state index in [9.17, 15) is 22.8 Å². The molecule has 0 heterocycles. The topological polar surface area (TPSA) is 61.8 Å². The number of halogens is 3. The molecule has 0 bridgehead atoms. The number of aryl methyl sites for hydroxylation is 1. The third-order valence-corrected chi connectivity index (χ3v) is 8.54. The number of carbonyl (C=O) groups is 2. The number of alkyl halides is 3. The van der Waals surface area contributed by atoms with Crippen molar-refractivity contribution in [2.24, 2.45) is 5.92 Å². The summed E-state index contributed by atoms with van der Waals surface area (Å²) in [6.07, 6.45) is 13.4. The average molecular weight is 657 g/mol. The van der Waals surface area contributed by atoms with Gasteiger partial charge in [-0.25, -0.2) is 4.79 Å². The number of rotatable bonds is 21. The van der Waals surface area contributed by atoms with Gasteiger partial charge in [-0.1, -0.05) is 113 Å². The lowest BCUT2D eigenvalue weighted by molar-refractivity contribution is -0.254. The Morgan fingerprint density at radius 2 is 1.30 bits per heavy atom. The van der Waals surface area contributed by atoms with Crippen LogP contribution in [0.25, 0.3) is 11.1 Å². The van der Waals surface area contributed by atoms with Gasteiger partial charge >= 0.3 is 18.1 Å². The van der Waals surface area contributed by atoms with Gasteiger partial charge in [0.05, 0.1) is 12.2 Å². The minimum absolute atomic E-state index is 0.0228. The zero-order chi connectivity index (χ0) is 34.0. The monoisotopic (exact) mass is 656 g/mol. The summed E-state index contributed by atoms with van der Waals surface area (Å²) in [4.78, 5) is 26.0. The van der Waals surface area contributed by atoms with E-state index in [1.165, 1.54) is 68.7 Å². The fourth-order valence-electron chi connectivity index (χ4n) is 5.70. The Kier molecular flexibility index (Phi) is 16.3. The minimum Gasteiger partial charge on any atom is -0.465 e. The van der Waals surface area contributed by atoms with Crippen LogP contribution in [0.2, 0.25) is 0 Å². The van der Waals surface area contributed by atoms with E-state index in [0.29, 0.717) is 25.7 Å². The molecule has 5 nitrogen and oxygen atoms in total. The summed E-state index contributed by atoms with van der Waals surface area (Å²) in [6.45, 7) is 5.41. The molecule has 2 unspecified atom stereocenters. The Morgan fingerprint density at radius 1 is 0.723 bits per heavy atom. The molecule has 1 aliphatic rings. The Balaban J connectivity index is 1.56.